The van der Waals surface area contributed by atoms with Crippen molar-refractivity contribution in [3.8, 4) is 0 Å². The van der Waals surface area contributed by atoms with Gasteiger partial charge in [-0.15, -0.1) is 12.4 Å². The Morgan fingerprint density at radius 2 is 2.04 bits per heavy atom. The van der Waals surface area contributed by atoms with Gasteiger partial charge in [0.1, 0.15) is 0 Å². The highest BCUT2D eigenvalue weighted by atomic mass is 79.9. The predicted octanol–water partition coefficient (Wildman–Crippen LogP) is 1.99. The molecule has 4 N–H and O–H groups in total. The van der Waals surface area contributed by atoms with E-state index >= 15 is 0 Å². The molecule has 0 aromatic heterocycles. The minimum atomic E-state index is -0.596. The average molecular weight is 421 g/mol. The average Bonchev–Trinajstić information content (AvgIpc) is 2.56. The molecule has 1 aromatic rings. The summed E-state index contributed by atoms with van der Waals surface area (Å²) in [5, 5.41) is 5.35. The lowest BCUT2D eigenvalue weighted by Gasteiger charge is -2.26. The number of hydrogen-bond donors (Lipinski definition) is 3. The summed E-state index contributed by atoms with van der Waals surface area (Å²) in [6, 6.07) is 4.92. The highest BCUT2D eigenvalue weighted by Gasteiger charge is 2.26. The number of nitrogens with one attached hydrogen (secondary N) is 2. The SMILES string of the molecule is Cc1cc(NC(=O)CNC(=O)C(N)C2CCOCC2)ccc1Br.Cl. The van der Waals surface area contributed by atoms with Crippen LogP contribution in [-0.4, -0.2) is 37.6 Å². The normalized spacial score (nSPS) is 16.0. The molecule has 1 aliphatic rings. The number of hydrogen-bond acceptors (Lipinski definition) is 4. The van der Waals surface area contributed by atoms with Crippen LogP contribution in [0.2, 0.25) is 0 Å². The predicted molar refractivity (Wildman–Crippen MR) is 99.3 cm³/mol. The summed E-state index contributed by atoms with van der Waals surface area (Å²) in [7, 11) is 0. The number of nitrogens with two attached hydrogens (primary N) is 1. The molecular weight excluding hydrogens is 398 g/mol. The summed E-state index contributed by atoms with van der Waals surface area (Å²) in [6.45, 7) is 3.11. The fraction of sp³-hybridized carbons (Fsp3) is 0.500. The Hall–Kier alpha value is -1.15. The lowest BCUT2D eigenvalue weighted by atomic mass is 9.92. The molecule has 134 valence electrons. The van der Waals surface area contributed by atoms with Gasteiger partial charge in [0, 0.05) is 23.4 Å². The van der Waals surface area contributed by atoms with Gasteiger partial charge in [0.2, 0.25) is 11.8 Å². The second kappa shape index (κ2) is 9.98. The van der Waals surface area contributed by atoms with Gasteiger partial charge in [-0.1, -0.05) is 15.9 Å². The van der Waals surface area contributed by atoms with Crippen LogP contribution < -0.4 is 16.4 Å². The third-order valence-electron chi connectivity index (χ3n) is 3.94. The number of rotatable bonds is 5. The van der Waals surface area contributed by atoms with Crippen molar-refractivity contribution in [1.29, 1.82) is 0 Å². The molecule has 0 spiro atoms. The second-order valence-electron chi connectivity index (χ2n) is 5.71. The molecule has 1 atom stereocenters. The summed E-state index contributed by atoms with van der Waals surface area (Å²) in [5.74, 6) is -0.459. The standard InChI is InChI=1S/C16H22BrN3O3.ClH/c1-10-8-12(2-3-13(10)17)20-14(21)9-19-16(22)15(18)11-4-6-23-7-5-11;/h2-3,8,11,15H,4-7,9,18H2,1H3,(H,19,22)(H,20,21);1H. The van der Waals surface area contributed by atoms with E-state index in [0.29, 0.717) is 18.9 Å². The summed E-state index contributed by atoms with van der Waals surface area (Å²) in [4.78, 5) is 23.9. The Labute approximate surface area is 156 Å². The van der Waals surface area contributed by atoms with Gasteiger partial charge in [-0.3, -0.25) is 9.59 Å². The summed E-state index contributed by atoms with van der Waals surface area (Å²) >= 11 is 3.41. The fourth-order valence-electron chi connectivity index (χ4n) is 2.50. The zero-order valence-corrected chi connectivity index (χ0v) is 15.9. The van der Waals surface area contributed by atoms with Gasteiger partial charge in [-0.05, 0) is 49.4 Å². The molecule has 1 heterocycles. The Bertz CT molecular complexity index is 580. The monoisotopic (exact) mass is 419 g/mol. The number of anilines is 1. The van der Waals surface area contributed by atoms with Gasteiger partial charge >= 0.3 is 0 Å². The van der Waals surface area contributed by atoms with Crippen molar-refractivity contribution in [3.63, 3.8) is 0 Å². The quantitative estimate of drug-likeness (QED) is 0.679. The molecule has 8 heteroatoms. The number of ether oxygens (including phenoxy) is 1. The molecule has 2 rings (SSSR count). The first-order valence-electron chi connectivity index (χ1n) is 7.64. The third kappa shape index (κ3) is 6.05. The Morgan fingerprint density at radius 1 is 1.38 bits per heavy atom. The zero-order chi connectivity index (χ0) is 16.8. The molecule has 1 unspecified atom stereocenters. The topological polar surface area (TPSA) is 93.5 Å². The van der Waals surface area contributed by atoms with E-state index < -0.39 is 6.04 Å². The van der Waals surface area contributed by atoms with Gasteiger partial charge in [-0.2, -0.15) is 0 Å². The summed E-state index contributed by atoms with van der Waals surface area (Å²) in [6.07, 6.45) is 1.55. The number of carbonyl (C=O) groups is 2. The number of halogens is 2. The molecule has 24 heavy (non-hydrogen) atoms. The highest BCUT2D eigenvalue weighted by molar-refractivity contribution is 9.10. The maximum atomic E-state index is 12.0. The van der Waals surface area contributed by atoms with E-state index in [1.54, 1.807) is 6.07 Å². The Morgan fingerprint density at radius 3 is 2.67 bits per heavy atom. The summed E-state index contributed by atoms with van der Waals surface area (Å²) < 4.78 is 6.24. The van der Waals surface area contributed by atoms with Crippen LogP contribution in [-0.2, 0) is 14.3 Å². The lowest BCUT2D eigenvalue weighted by Crippen LogP contribution is -2.48. The van der Waals surface area contributed by atoms with Gasteiger partial charge in [0.05, 0.1) is 12.6 Å². The van der Waals surface area contributed by atoms with Crippen LogP contribution in [0.4, 0.5) is 5.69 Å². The molecule has 1 saturated heterocycles. The number of benzene rings is 1. The molecule has 0 saturated carbocycles. The van der Waals surface area contributed by atoms with Crippen molar-refractivity contribution in [2.45, 2.75) is 25.8 Å². The number of amides is 2. The van der Waals surface area contributed by atoms with Crippen LogP contribution in [0.1, 0.15) is 18.4 Å². The molecule has 1 fully saturated rings. The largest absolute Gasteiger partial charge is 0.381 e. The fourth-order valence-corrected chi connectivity index (χ4v) is 2.75. The lowest BCUT2D eigenvalue weighted by molar-refractivity contribution is -0.126. The minimum Gasteiger partial charge on any atom is -0.381 e. The molecular formula is C16H23BrClN3O3. The first-order chi connectivity index (χ1) is 11.0. The van der Waals surface area contributed by atoms with Crippen molar-refractivity contribution in [2.75, 3.05) is 25.1 Å². The van der Waals surface area contributed by atoms with Gasteiger partial charge in [0.25, 0.3) is 0 Å². The van der Waals surface area contributed by atoms with Gasteiger partial charge in [0.15, 0.2) is 0 Å². The zero-order valence-electron chi connectivity index (χ0n) is 13.5. The molecule has 0 aliphatic carbocycles. The summed E-state index contributed by atoms with van der Waals surface area (Å²) in [5.41, 5.74) is 7.68. The Kier molecular flexibility index (Phi) is 8.69. The highest BCUT2D eigenvalue weighted by Crippen LogP contribution is 2.20. The molecule has 1 aliphatic heterocycles. The second-order valence-corrected chi connectivity index (χ2v) is 6.56. The van der Waals surface area contributed by atoms with E-state index in [0.717, 1.165) is 22.9 Å². The number of carbonyl (C=O) groups excluding carboxylic acids is 2. The van der Waals surface area contributed by atoms with Gasteiger partial charge in [-0.25, -0.2) is 0 Å². The van der Waals surface area contributed by atoms with Crippen LogP contribution in [0.5, 0.6) is 0 Å². The van der Waals surface area contributed by atoms with Crippen LogP contribution in [0, 0.1) is 12.8 Å². The van der Waals surface area contributed by atoms with Crippen LogP contribution >= 0.6 is 28.3 Å². The first kappa shape index (κ1) is 20.9. The maximum Gasteiger partial charge on any atom is 0.243 e. The van der Waals surface area contributed by atoms with E-state index in [1.165, 1.54) is 0 Å². The Balaban J connectivity index is 0.00000288. The van der Waals surface area contributed by atoms with E-state index in [4.69, 9.17) is 10.5 Å². The maximum absolute atomic E-state index is 12.0. The van der Waals surface area contributed by atoms with E-state index in [-0.39, 0.29) is 36.7 Å². The van der Waals surface area contributed by atoms with Crippen molar-refractivity contribution < 1.29 is 14.3 Å². The van der Waals surface area contributed by atoms with E-state index in [2.05, 4.69) is 26.6 Å². The minimum absolute atomic E-state index is 0. The van der Waals surface area contributed by atoms with Crippen molar-refractivity contribution in [1.82, 2.24) is 5.32 Å². The van der Waals surface area contributed by atoms with Crippen molar-refractivity contribution in [2.24, 2.45) is 11.7 Å². The molecule has 0 radical (unpaired) electrons. The van der Waals surface area contributed by atoms with Crippen molar-refractivity contribution >= 4 is 45.8 Å². The van der Waals surface area contributed by atoms with E-state index in [9.17, 15) is 9.59 Å². The van der Waals surface area contributed by atoms with Crippen LogP contribution in [0.25, 0.3) is 0 Å². The smallest absolute Gasteiger partial charge is 0.243 e. The molecule has 0 bridgehead atoms. The molecule has 6 nitrogen and oxygen atoms in total. The van der Waals surface area contributed by atoms with Crippen LogP contribution in [0.15, 0.2) is 22.7 Å². The molecule has 1 aromatic carbocycles. The van der Waals surface area contributed by atoms with Gasteiger partial charge < -0.3 is 21.1 Å². The van der Waals surface area contributed by atoms with Crippen molar-refractivity contribution in [3.05, 3.63) is 28.2 Å². The third-order valence-corrected chi connectivity index (χ3v) is 4.83. The molecule has 2 amide bonds. The van der Waals surface area contributed by atoms with E-state index in [1.807, 2.05) is 19.1 Å². The number of aryl methyl sites for hydroxylation is 1. The first-order valence-corrected chi connectivity index (χ1v) is 8.43. The van der Waals surface area contributed by atoms with Crippen LogP contribution in [0.3, 0.4) is 0 Å².